The van der Waals surface area contributed by atoms with Crippen LogP contribution < -0.4 is 11.1 Å². The molecular formula is C16H21N7O2. The first-order chi connectivity index (χ1) is 12.3. The Balaban J connectivity index is 1.65. The number of nitrogens with zero attached hydrogens (tertiary/aromatic N) is 5. The van der Waals surface area contributed by atoms with Gasteiger partial charge in [0.2, 0.25) is 0 Å². The number of nitrogens with two attached hydrogens (primary N) is 1. The number of anilines is 2. The van der Waals surface area contributed by atoms with Crippen LogP contribution in [0.2, 0.25) is 0 Å². The Morgan fingerprint density at radius 3 is 3.00 bits per heavy atom. The van der Waals surface area contributed by atoms with Gasteiger partial charge in [-0.1, -0.05) is 0 Å². The van der Waals surface area contributed by atoms with Gasteiger partial charge in [0.1, 0.15) is 5.52 Å². The standard InChI is InChI=1S/C16H21N7O2/c1-2-23-14-11(19-6-5-10-4-3-7-24-10)8-18-9-12(14)20-16(23)13-15(17)22-25-21-13/h8-10,19H,2-7H2,1H3,(H2,17,22). The van der Waals surface area contributed by atoms with Crippen LogP contribution in [0.5, 0.6) is 0 Å². The van der Waals surface area contributed by atoms with Crippen molar-refractivity contribution in [1.29, 1.82) is 0 Å². The highest BCUT2D eigenvalue weighted by Crippen LogP contribution is 2.30. The number of ether oxygens (including phenoxy) is 1. The third-order valence-corrected chi connectivity index (χ3v) is 4.50. The molecule has 1 aliphatic heterocycles. The van der Waals surface area contributed by atoms with Gasteiger partial charge in [-0.15, -0.1) is 0 Å². The number of aromatic nitrogens is 5. The minimum atomic E-state index is 0.228. The second-order valence-electron chi connectivity index (χ2n) is 6.08. The van der Waals surface area contributed by atoms with E-state index in [1.54, 1.807) is 6.20 Å². The number of hydrogen-bond acceptors (Lipinski definition) is 8. The molecule has 1 saturated heterocycles. The van der Waals surface area contributed by atoms with Gasteiger partial charge in [-0.05, 0) is 36.5 Å². The molecule has 1 unspecified atom stereocenters. The van der Waals surface area contributed by atoms with Gasteiger partial charge in [0.05, 0.1) is 29.7 Å². The van der Waals surface area contributed by atoms with Crippen molar-refractivity contribution in [2.45, 2.75) is 38.8 Å². The summed E-state index contributed by atoms with van der Waals surface area (Å²) in [6.45, 7) is 4.46. The Morgan fingerprint density at radius 2 is 2.28 bits per heavy atom. The summed E-state index contributed by atoms with van der Waals surface area (Å²) in [5.74, 6) is 0.859. The normalized spacial score (nSPS) is 17.4. The van der Waals surface area contributed by atoms with E-state index in [2.05, 4.69) is 25.6 Å². The molecule has 25 heavy (non-hydrogen) atoms. The summed E-state index contributed by atoms with van der Waals surface area (Å²) in [6.07, 6.45) is 7.18. The number of imidazole rings is 1. The maximum atomic E-state index is 5.84. The molecule has 0 amide bonds. The molecule has 1 aliphatic rings. The molecule has 1 fully saturated rings. The van der Waals surface area contributed by atoms with Crippen molar-refractivity contribution in [3.8, 4) is 11.5 Å². The Bertz CT molecular complexity index is 867. The van der Waals surface area contributed by atoms with Crippen molar-refractivity contribution in [3.63, 3.8) is 0 Å². The molecule has 9 nitrogen and oxygen atoms in total. The first kappa shape index (κ1) is 15.8. The summed E-state index contributed by atoms with van der Waals surface area (Å²) in [7, 11) is 0. The van der Waals surface area contributed by atoms with Crippen molar-refractivity contribution >= 4 is 22.5 Å². The molecule has 3 aromatic heterocycles. The lowest BCUT2D eigenvalue weighted by Crippen LogP contribution is -2.13. The summed E-state index contributed by atoms with van der Waals surface area (Å²) in [5.41, 5.74) is 8.98. The van der Waals surface area contributed by atoms with Gasteiger partial charge >= 0.3 is 0 Å². The Hall–Kier alpha value is -2.68. The highest BCUT2D eigenvalue weighted by molar-refractivity contribution is 5.90. The fraction of sp³-hybridized carbons (Fsp3) is 0.500. The molecule has 0 spiro atoms. The molecule has 0 saturated carbocycles. The van der Waals surface area contributed by atoms with Gasteiger partial charge in [0.25, 0.3) is 0 Å². The van der Waals surface area contributed by atoms with Crippen molar-refractivity contribution in [3.05, 3.63) is 12.4 Å². The predicted octanol–water partition coefficient (Wildman–Crippen LogP) is 2.06. The number of nitrogen functional groups attached to an aromatic ring is 1. The predicted molar refractivity (Wildman–Crippen MR) is 93.0 cm³/mol. The van der Waals surface area contributed by atoms with E-state index >= 15 is 0 Å². The average molecular weight is 343 g/mol. The largest absolute Gasteiger partial charge is 0.382 e. The Morgan fingerprint density at radius 1 is 1.36 bits per heavy atom. The van der Waals surface area contributed by atoms with Crippen LogP contribution in [0.15, 0.2) is 17.0 Å². The third-order valence-electron chi connectivity index (χ3n) is 4.50. The number of nitrogens with one attached hydrogen (secondary N) is 1. The Labute approximate surface area is 144 Å². The lowest BCUT2D eigenvalue weighted by atomic mass is 10.2. The highest BCUT2D eigenvalue weighted by Gasteiger charge is 2.21. The van der Waals surface area contributed by atoms with E-state index in [9.17, 15) is 0 Å². The summed E-state index contributed by atoms with van der Waals surface area (Å²) in [5, 5.41) is 11.0. The first-order valence-electron chi connectivity index (χ1n) is 8.56. The number of pyridine rings is 1. The lowest BCUT2D eigenvalue weighted by molar-refractivity contribution is 0.107. The van der Waals surface area contributed by atoms with Crippen molar-refractivity contribution < 1.29 is 9.37 Å². The third kappa shape index (κ3) is 2.91. The zero-order valence-corrected chi connectivity index (χ0v) is 14.1. The maximum absolute atomic E-state index is 5.84. The smallest absolute Gasteiger partial charge is 0.199 e. The van der Waals surface area contributed by atoms with Gasteiger partial charge in [0.15, 0.2) is 17.3 Å². The monoisotopic (exact) mass is 343 g/mol. The molecule has 0 bridgehead atoms. The van der Waals surface area contributed by atoms with E-state index in [0.717, 1.165) is 49.1 Å². The molecule has 0 aromatic carbocycles. The molecule has 132 valence electrons. The van der Waals surface area contributed by atoms with E-state index < -0.39 is 0 Å². The minimum absolute atomic E-state index is 0.228. The SMILES string of the molecule is CCn1c(-c2nonc2N)nc2cncc(NCCC3CCCO3)c21. The fourth-order valence-electron chi connectivity index (χ4n) is 3.30. The molecule has 0 aliphatic carbocycles. The number of aryl methyl sites for hydroxylation is 1. The fourth-order valence-corrected chi connectivity index (χ4v) is 3.30. The van der Waals surface area contributed by atoms with Crippen LogP contribution in [0.3, 0.4) is 0 Å². The highest BCUT2D eigenvalue weighted by atomic mass is 16.6. The summed E-state index contributed by atoms with van der Waals surface area (Å²) >= 11 is 0. The van der Waals surface area contributed by atoms with Gasteiger partial charge in [-0.3, -0.25) is 4.98 Å². The van der Waals surface area contributed by atoms with Crippen LogP contribution in [0.25, 0.3) is 22.6 Å². The number of fused-ring (bicyclic) bond motifs is 1. The van der Waals surface area contributed by atoms with Crippen LogP contribution in [-0.4, -0.2) is 44.1 Å². The van der Waals surface area contributed by atoms with Crippen LogP contribution >= 0.6 is 0 Å². The average Bonchev–Trinajstić information content (AvgIpc) is 3.33. The van der Waals surface area contributed by atoms with Gasteiger partial charge in [-0.25, -0.2) is 9.61 Å². The minimum Gasteiger partial charge on any atom is -0.382 e. The summed E-state index contributed by atoms with van der Waals surface area (Å²) in [6, 6.07) is 0. The van der Waals surface area contributed by atoms with Gasteiger partial charge in [0, 0.05) is 19.7 Å². The molecule has 3 aromatic rings. The number of rotatable bonds is 6. The number of hydrogen-bond donors (Lipinski definition) is 2. The Kier molecular flexibility index (Phi) is 4.22. The topological polar surface area (TPSA) is 117 Å². The molecule has 9 heteroatoms. The van der Waals surface area contributed by atoms with E-state index in [4.69, 9.17) is 15.1 Å². The second-order valence-corrected chi connectivity index (χ2v) is 6.08. The second kappa shape index (κ2) is 6.67. The zero-order chi connectivity index (χ0) is 17.2. The lowest BCUT2D eigenvalue weighted by Gasteiger charge is -2.13. The van der Waals surface area contributed by atoms with Crippen LogP contribution in [0.4, 0.5) is 11.5 Å². The van der Waals surface area contributed by atoms with Crippen LogP contribution in [-0.2, 0) is 11.3 Å². The molecule has 4 rings (SSSR count). The van der Waals surface area contributed by atoms with Gasteiger partial charge < -0.3 is 20.4 Å². The van der Waals surface area contributed by atoms with Crippen molar-refractivity contribution in [2.75, 3.05) is 24.2 Å². The van der Waals surface area contributed by atoms with E-state index in [0.29, 0.717) is 24.2 Å². The van der Waals surface area contributed by atoms with Crippen LogP contribution in [0.1, 0.15) is 26.2 Å². The summed E-state index contributed by atoms with van der Waals surface area (Å²) < 4.78 is 12.4. The van der Waals surface area contributed by atoms with Gasteiger partial charge in [-0.2, -0.15) is 0 Å². The van der Waals surface area contributed by atoms with E-state index in [-0.39, 0.29) is 5.82 Å². The van der Waals surface area contributed by atoms with Crippen molar-refractivity contribution in [1.82, 2.24) is 24.8 Å². The van der Waals surface area contributed by atoms with Crippen LogP contribution in [0, 0.1) is 0 Å². The van der Waals surface area contributed by atoms with E-state index in [1.807, 2.05) is 17.7 Å². The molecule has 4 heterocycles. The molecule has 1 atom stereocenters. The van der Waals surface area contributed by atoms with Crippen molar-refractivity contribution in [2.24, 2.45) is 0 Å². The zero-order valence-electron chi connectivity index (χ0n) is 14.1. The molecular weight excluding hydrogens is 322 g/mol. The quantitative estimate of drug-likeness (QED) is 0.698. The van der Waals surface area contributed by atoms with E-state index in [1.165, 1.54) is 0 Å². The first-order valence-corrected chi connectivity index (χ1v) is 8.56. The molecule has 3 N–H and O–H groups in total. The maximum Gasteiger partial charge on any atom is 0.199 e. The molecule has 0 radical (unpaired) electrons. The summed E-state index contributed by atoms with van der Waals surface area (Å²) in [4.78, 5) is 8.92.